The quantitative estimate of drug-likeness (QED) is 0.909. The number of hydrogen-bond donors (Lipinski definition) is 1. The monoisotopic (exact) mass is 359 g/mol. The number of aromatic nitrogens is 2. The van der Waals surface area contributed by atoms with Gasteiger partial charge in [-0.05, 0) is 32.8 Å². The third-order valence-electron chi connectivity index (χ3n) is 4.74. The van der Waals surface area contributed by atoms with Crippen molar-refractivity contribution in [2.24, 2.45) is 0 Å². The molecule has 1 saturated heterocycles. The molecule has 0 aliphatic carbocycles. The molecule has 26 heavy (non-hydrogen) atoms. The molecule has 0 atom stereocenters. The molecule has 2 heterocycles. The molecular weight excluding hydrogens is 337 g/mol. The lowest BCUT2D eigenvalue weighted by Crippen LogP contribution is -2.50. The predicted octanol–water partition coefficient (Wildman–Crippen LogP) is 2.68. The van der Waals surface area contributed by atoms with Crippen molar-refractivity contribution in [3.63, 3.8) is 0 Å². The largest absolute Gasteiger partial charge is 0.494 e. The van der Waals surface area contributed by atoms with Crippen LogP contribution in [0.2, 0.25) is 0 Å². The highest BCUT2D eigenvalue weighted by atomic mass is 19.1. The van der Waals surface area contributed by atoms with Crippen LogP contribution in [-0.4, -0.2) is 36.2 Å². The second-order valence-corrected chi connectivity index (χ2v) is 6.39. The van der Waals surface area contributed by atoms with Crippen LogP contribution in [0.4, 0.5) is 4.39 Å². The molecule has 6 nitrogen and oxygen atoms in total. The van der Waals surface area contributed by atoms with Gasteiger partial charge in [-0.15, -0.1) is 0 Å². The van der Waals surface area contributed by atoms with Gasteiger partial charge in [0.05, 0.1) is 23.9 Å². The Bertz CT molecular complexity index is 820. The van der Waals surface area contributed by atoms with Gasteiger partial charge >= 0.3 is 0 Å². The van der Waals surface area contributed by atoms with E-state index in [1.807, 2.05) is 0 Å². The number of aryl methyl sites for hydroxylation is 2. The molecule has 1 aliphatic rings. The molecule has 138 valence electrons. The Labute approximate surface area is 151 Å². The average molecular weight is 359 g/mol. The van der Waals surface area contributed by atoms with Crippen molar-refractivity contribution in [1.29, 1.82) is 0 Å². The van der Waals surface area contributed by atoms with Crippen LogP contribution in [0.15, 0.2) is 24.4 Å². The topological polar surface area (TPSA) is 73.3 Å². The van der Waals surface area contributed by atoms with Gasteiger partial charge in [-0.25, -0.2) is 14.4 Å². The molecule has 0 unspecified atom stereocenters. The number of ether oxygens (including phenoxy) is 2. The fraction of sp³-hybridized carbons (Fsp3) is 0.421. The number of nitrogens with one attached hydrogen (secondary N) is 1. The molecule has 1 aliphatic heterocycles. The van der Waals surface area contributed by atoms with Crippen molar-refractivity contribution < 1.29 is 18.7 Å². The van der Waals surface area contributed by atoms with E-state index in [9.17, 15) is 9.18 Å². The SMILES string of the molecule is COc1cccc(C2(NC(=O)c3cnc(C)nc3C)CCOCC2)c1F. The third kappa shape index (κ3) is 3.39. The van der Waals surface area contributed by atoms with Crippen LogP contribution in [0, 0.1) is 19.7 Å². The molecular formula is C19H22FN3O3. The summed E-state index contributed by atoms with van der Waals surface area (Å²) < 4.78 is 25.5. The molecule has 1 fully saturated rings. The van der Waals surface area contributed by atoms with E-state index in [0.29, 0.717) is 48.7 Å². The van der Waals surface area contributed by atoms with Crippen LogP contribution in [0.5, 0.6) is 5.75 Å². The highest BCUT2D eigenvalue weighted by Gasteiger charge is 2.39. The number of halogens is 1. The number of hydrogen-bond acceptors (Lipinski definition) is 5. The number of methoxy groups -OCH3 is 1. The molecule has 0 radical (unpaired) electrons. The van der Waals surface area contributed by atoms with Crippen LogP contribution >= 0.6 is 0 Å². The first kappa shape index (κ1) is 18.3. The summed E-state index contributed by atoms with van der Waals surface area (Å²) in [4.78, 5) is 21.2. The highest BCUT2D eigenvalue weighted by Crippen LogP contribution is 2.36. The zero-order valence-corrected chi connectivity index (χ0v) is 15.1. The van der Waals surface area contributed by atoms with Gasteiger partial charge in [0, 0.05) is 25.0 Å². The Morgan fingerprint density at radius 3 is 2.69 bits per heavy atom. The maximum Gasteiger partial charge on any atom is 0.255 e. The Balaban J connectivity index is 2.00. The minimum Gasteiger partial charge on any atom is -0.494 e. The first-order valence-electron chi connectivity index (χ1n) is 8.50. The molecule has 7 heteroatoms. The minimum absolute atomic E-state index is 0.150. The summed E-state index contributed by atoms with van der Waals surface area (Å²) in [7, 11) is 1.42. The fourth-order valence-electron chi connectivity index (χ4n) is 3.31. The van der Waals surface area contributed by atoms with E-state index >= 15 is 0 Å². The van der Waals surface area contributed by atoms with Crippen molar-refractivity contribution in [1.82, 2.24) is 15.3 Å². The van der Waals surface area contributed by atoms with E-state index in [-0.39, 0.29) is 11.7 Å². The van der Waals surface area contributed by atoms with Crippen molar-refractivity contribution >= 4 is 5.91 Å². The first-order valence-corrected chi connectivity index (χ1v) is 8.50. The summed E-state index contributed by atoms with van der Waals surface area (Å²) in [5.74, 6) is -0.0446. The van der Waals surface area contributed by atoms with Crippen LogP contribution in [-0.2, 0) is 10.3 Å². The summed E-state index contributed by atoms with van der Waals surface area (Å²) in [6.45, 7) is 4.38. The smallest absolute Gasteiger partial charge is 0.255 e. The van der Waals surface area contributed by atoms with E-state index in [1.165, 1.54) is 13.3 Å². The molecule has 3 rings (SSSR count). The molecule has 1 aromatic carbocycles. The van der Waals surface area contributed by atoms with Gasteiger partial charge in [-0.1, -0.05) is 12.1 Å². The second kappa shape index (κ2) is 7.37. The maximum absolute atomic E-state index is 14.9. The van der Waals surface area contributed by atoms with Crippen molar-refractivity contribution in [3.05, 3.63) is 52.9 Å². The van der Waals surface area contributed by atoms with E-state index < -0.39 is 11.4 Å². The zero-order valence-electron chi connectivity index (χ0n) is 15.1. The summed E-state index contributed by atoms with van der Waals surface area (Å²) in [6, 6.07) is 4.97. The number of benzene rings is 1. The van der Waals surface area contributed by atoms with Gasteiger partial charge in [-0.2, -0.15) is 0 Å². The average Bonchev–Trinajstić information content (AvgIpc) is 2.62. The van der Waals surface area contributed by atoms with Crippen LogP contribution < -0.4 is 10.1 Å². The minimum atomic E-state index is -0.870. The van der Waals surface area contributed by atoms with Gasteiger partial charge in [-0.3, -0.25) is 4.79 Å². The second-order valence-electron chi connectivity index (χ2n) is 6.39. The molecule has 0 saturated carbocycles. The van der Waals surface area contributed by atoms with E-state index in [0.717, 1.165) is 0 Å². The Hall–Kier alpha value is -2.54. The predicted molar refractivity (Wildman–Crippen MR) is 93.7 cm³/mol. The Kier molecular flexibility index (Phi) is 5.18. The third-order valence-corrected chi connectivity index (χ3v) is 4.74. The summed E-state index contributed by atoms with van der Waals surface area (Å²) >= 11 is 0. The van der Waals surface area contributed by atoms with Crippen LogP contribution in [0.1, 0.15) is 40.3 Å². The van der Waals surface area contributed by atoms with Gasteiger partial charge in [0.1, 0.15) is 5.82 Å². The lowest BCUT2D eigenvalue weighted by molar-refractivity contribution is 0.0331. The molecule has 1 amide bonds. The molecule has 1 aromatic heterocycles. The fourth-order valence-corrected chi connectivity index (χ4v) is 3.31. The molecule has 0 spiro atoms. The van der Waals surface area contributed by atoms with Gasteiger partial charge in [0.25, 0.3) is 5.91 Å². The highest BCUT2D eigenvalue weighted by molar-refractivity contribution is 5.95. The van der Waals surface area contributed by atoms with Crippen molar-refractivity contribution in [2.75, 3.05) is 20.3 Å². The molecule has 2 aromatic rings. The zero-order chi connectivity index (χ0) is 18.7. The lowest BCUT2D eigenvalue weighted by atomic mass is 9.81. The van der Waals surface area contributed by atoms with Crippen LogP contribution in [0.3, 0.4) is 0 Å². The van der Waals surface area contributed by atoms with Gasteiger partial charge in [0.15, 0.2) is 11.6 Å². The summed E-state index contributed by atoms with van der Waals surface area (Å²) in [5, 5.41) is 3.02. The normalized spacial score (nSPS) is 16.2. The van der Waals surface area contributed by atoms with E-state index in [4.69, 9.17) is 9.47 Å². The lowest BCUT2D eigenvalue weighted by Gasteiger charge is -2.39. The molecule has 1 N–H and O–H groups in total. The van der Waals surface area contributed by atoms with Crippen molar-refractivity contribution in [3.8, 4) is 5.75 Å². The molecule has 0 bridgehead atoms. The standard InChI is InChI=1S/C19H22FN3O3/c1-12-14(11-21-13(2)22-12)18(24)23-19(7-9-26-10-8-19)15-5-4-6-16(25-3)17(15)20/h4-6,11H,7-10H2,1-3H3,(H,23,24). The number of carbonyl (C=O) groups excluding carboxylic acids is 1. The summed E-state index contributed by atoms with van der Waals surface area (Å²) in [5.41, 5.74) is 0.498. The Morgan fingerprint density at radius 2 is 2.04 bits per heavy atom. The number of nitrogens with zero attached hydrogens (tertiary/aromatic N) is 2. The van der Waals surface area contributed by atoms with E-state index in [2.05, 4.69) is 15.3 Å². The Morgan fingerprint density at radius 1 is 1.31 bits per heavy atom. The van der Waals surface area contributed by atoms with Crippen LogP contribution in [0.25, 0.3) is 0 Å². The van der Waals surface area contributed by atoms with Crippen molar-refractivity contribution in [2.45, 2.75) is 32.2 Å². The number of amides is 1. The van der Waals surface area contributed by atoms with Gasteiger partial charge in [0.2, 0.25) is 0 Å². The number of rotatable bonds is 4. The van der Waals surface area contributed by atoms with Gasteiger partial charge < -0.3 is 14.8 Å². The maximum atomic E-state index is 14.9. The first-order chi connectivity index (χ1) is 12.5. The van der Waals surface area contributed by atoms with E-state index in [1.54, 1.807) is 32.0 Å². The number of carbonyl (C=O) groups is 1. The summed E-state index contributed by atoms with van der Waals surface area (Å²) in [6.07, 6.45) is 2.44.